The number of carbonyl (C=O) groups is 3. The molecule has 3 N–H and O–H groups in total. The van der Waals surface area contributed by atoms with Gasteiger partial charge in [0.15, 0.2) is 0 Å². The van der Waals surface area contributed by atoms with Gasteiger partial charge in [0.1, 0.15) is 6.04 Å². The van der Waals surface area contributed by atoms with Gasteiger partial charge in [-0.05, 0) is 54.9 Å². The molecule has 8 nitrogen and oxygen atoms in total. The highest BCUT2D eigenvalue weighted by atomic mass is 35.5. The summed E-state index contributed by atoms with van der Waals surface area (Å²) in [5.74, 6) is 0.397. The third-order valence-corrected chi connectivity index (χ3v) is 9.07. The van der Waals surface area contributed by atoms with E-state index in [-0.39, 0.29) is 24.1 Å². The Balaban J connectivity index is 1.40. The monoisotopic (exact) mass is 609 g/mol. The van der Waals surface area contributed by atoms with Crippen LogP contribution in [0.3, 0.4) is 0 Å². The molecule has 0 saturated carbocycles. The Bertz CT molecular complexity index is 1190. The van der Waals surface area contributed by atoms with Gasteiger partial charge < -0.3 is 20.9 Å². The van der Waals surface area contributed by atoms with E-state index in [0.29, 0.717) is 42.5 Å². The standard InChI is InChI=1S/C34H48ClN5O3/c1-24(2)23-40(29-13-17-38(18-14-29)25(3)41)30-15-19-39(20-16-30)34(43)32(21-26-9-11-28(35)12-10-26)37-33(42)22-31(36)27-7-5-4-6-8-27/h4-12,24,29-32H,13-23,36H2,1-3H3,(H,37,42)/t31-,32-/m1/s1. The molecular weight excluding hydrogens is 562 g/mol. The van der Waals surface area contributed by atoms with Crippen LogP contribution in [0.15, 0.2) is 54.6 Å². The first kappa shape index (κ1) is 33.0. The average molecular weight is 610 g/mol. The third kappa shape index (κ3) is 9.52. The van der Waals surface area contributed by atoms with Crippen LogP contribution >= 0.6 is 11.6 Å². The molecule has 2 heterocycles. The SMILES string of the molecule is CC(=O)N1CCC(N(CC(C)C)C2CCN(C(=O)[C@@H](Cc3ccc(Cl)cc3)NC(=O)C[C@@H](N)c3ccccc3)CC2)CC1. The van der Waals surface area contributed by atoms with Gasteiger partial charge in [-0.25, -0.2) is 0 Å². The van der Waals surface area contributed by atoms with E-state index in [4.69, 9.17) is 17.3 Å². The predicted molar refractivity (Wildman–Crippen MR) is 171 cm³/mol. The van der Waals surface area contributed by atoms with Crippen molar-refractivity contribution in [2.45, 2.75) is 83.5 Å². The minimum absolute atomic E-state index is 0.0554. The molecule has 0 bridgehead atoms. The second-order valence-corrected chi connectivity index (χ2v) is 13.0. The number of carbonyl (C=O) groups excluding carboxylic acids is 3. The molecule has 2 aromatic carbocycles. The second-order valence-electron chi connectivity index (χ2n) is 12.6. The Kier molecular flexibility index (Phi) is 12.0. The fourth-order valence-corrected chi connectivity index (χ4v) is 6.62. The van der Waals surface area contributed by atoms with Crippen LogP contribution < -0.4 is 11.1 Å². The first-order chi connectivity index (χ1) is 20.6. The molecule has 4 rings (SSSR count). The molecule has 2 atom stereocenters. The molecule has 43 heavy (non-hydrogen) atoms. The minimum Gasteiger partial charge on any atom is -0.344 e. The van der Waals surface area contributed by atoms with Crippen molar-refractivity contribution < 1.29 is 14.4 Å². The van der Waals surface area contributed by atoms with Crippen LogP contribution in [-0.4, -0.2) is 83.3 Å². The Morgan fingerprint density at radius 1 is 0.907 bits per heavy atom. The van der Waals surface area contributed by atoms with Crippen molar-refractivity contribution in [3.8, 4) is 0 Å². The van der Waals surface area contributed by atoms with E-state index in [1.165, 1.54) is 0 Å². The summed E-state index contributed by atoms with van der Waals surface area (Å²) in [6, 6.07) is 16.7. The van der Waals surface area contributed by atoms with Crippen molar-refractivity contribution in [1.29, 1.82) is 0 Å². The van der Waals surface area contributed by atoms with E-state index in [1.807, 2.05) is 52.3 Å². The normalized spacial score (nSPS) is 18.1. The average Bonchev–Trinajstić information content (AvgIpc) is 3.00. The highest BCUT2D eigenvalue weighted by Crippen LogP contribution is 2.26. The molecule has 0 aromatic heterocycles. The molecule has 2 fully saturated rings. The lowest BCUT2D eigenvalue weighted by atomic mass is 9.94. The Morgan fingerprint density at radius 3 is 2.00 bits per heavy atom. The number of rotatable bonds is 11. The molecule has 0 radical (unpaired) electrons. The molecule has 9 heteroatoms. The van der Waals surface area contributed by atoms with Crippen LogP contribution in [0.25, 0.3) is 0 Å². The van der Waals surface area contributed by atoms with E-state index >= 15 is 0 Å². The maximum absolute atomic E-state index is 13.9. The highest BCUT2D eigenvalue weighted by molar-refractivity contribution is 6.30. The maximum atomic E-state index is 13.9. The number of hydrogen-bond acceptors (Lipinski definition) is 5. The van der Waals surface area contributed by atoms with E-state index in [9.17, 15) is 14.4 Å². The number of nitrogens with one attached hydrogen (secondary N) is 1. The van der Waals surface area contributed by atoms with Gasteiger partial charge in [0.05, 0.1) is 0 Å². The number of amides is 3. The zero-order valence-corrected chi connectivity index (χ0v) is 26.6. The van der Waals surface area contributed by atoms with Crippen LogP contribution in [0.2, 0.25) is 5.02 Å². The van der Waals surface area contributed by atoms with Crippen LogP contribution in [0.4, 0.5) is 0 Å². The number of piperidine rings is 2. The van der Waals surface area contributed by atoms with Crippen molar-refractivity contribution in [3.05, 3.63) is 70.7 Å². The number of hydrogen-bond donors (Lipinski definition) is 2. The minimum atomic E-state index is -0.684. The lowest BCUT2D eigenvalue weighted by Gasteiger charge is -2.46. The summed E-state index contributed by atoms with van der Waals surface area (Å²) in [6.07, 6.45) is 4.26. The summed E-state index contributed by atoms with van der Waals surface area (Å²) < 4.78 is 0. The van der Waals surface area contributed by atoms with Gasteiger partial charge in [-0.2, -0.15) is 0 Å². The number of nitrogens with two attached hydrogens (primary N) is 1. The van der Waals surface area contributed by atoms with Gasteiger partial charge in [-0.1, -0.05) is 67.9 Å². The fourth-order valence-electron chi connectivity index (χ4n) is 6.50. The van der Waals surface area contributed by atoms with Crippen molar-refractivity contribution in [1.82, 2.24) is 20.0 Å². The van der Waals surface area contributed by atoms with Gasteiger partial charge >= 0.3 is 0 Å². The van der Waals surface area contributed by atoms with E-state index < -0.39 is 12.1 Å². The summed E-state index contributed by atoms with van der Waals surface area (Å²) >= 11 is 6.10. The number of halogens is 1. The van der Waals surface area contributed by atoms with Gasteiger partial charge in [-0.15, -0.1) is 0 Å². The lowest BCUT2D eigenvalue weighted by Crippen LogP contribution is -2.56. The Morgan fingerprint density at radius 2 is 1.47 bits per heavy atom. The summed E-state index contributed by atoms with van der Waals surface area (Å²) in [5, 5.41) is 3.65. The Hall–Kier alpha value is -2.94. The molecule has 2 saturated heterocycles. The number of likely N-dealkylation sites (tertiary alicyclic amines) is 2. The first-order valence-corrected chi connectivity index (χ1v) is 16.1. The molecule has 2 aliphatic heterocycles. The molecule has 3 amide bonds. The molecule has 2 aromatic rings. The smallest absolute Gasteiger partial charge is 0.245 e. The summed E-state index contributed by atoms with van der Waals surface area (Å²) in [5.41, 5.74) is 8.15. The second kappa shape index (κ2) is 15.7. The van der Waals surface area contributed by atoms with Crippen LogP contribution in [0.5, 0.6) is 0 Å². The van der Waals surface area contributed by atoms with Crippen LogP contribution in [-0.2, 0) is 20.8 Å². The van der Waals surface area contributed by atoms with Crippen molar-refractivity contribution in [2.75, 3.05) is 32.7 Å². The number of benzene rings is 2. The molecule has 0 unspecified atom stereocenters. The molecule has 0 aliphatic carbocycles. The van der Waals surface area contributed by atoms with Crippen LogP contribution in [0, 0.1) is 5.92 Å². The third-order valence-electron chi connectivity index (χ3n) is 8.82. The molecule has 234 valence electrons. The summed E-state index contributed by atoms with van der Waals surface area (Å²) in [4.78, 5) is 45.4. The first-order valence-electron chi connectivity index (χ1n) is 15.7. The van der Waals surface area contributed by atoms with Crippen molar-refractivity contribution in [2.24, 2.45) is 11.7 Å². The van der Waals surface area contributed by atoms with Crippen LogP contribution in [0.1, 0.15) is 70.0 Å². The topological polar surface area (TPSA) is 99.0 Å². The Labute approximate surface area is 261 Å². The zero-order valence-electron chi connectivity index (χ0n) is 25.9. The number of nitrogens with zero attached hydrogens (tertiary/aromatic N) is 3. The highest BCUT2D eigenvalue weighted by Gasteiger charge is 2.35. The van der Waals surface area contributed by atoms with Gasteiger partial charge in [-0.3, -0.25) is 19.3 Å². The quantitative estimate of drug-likeness (QED) is 0.393. The molecule has 0 spiro atoms. The molecule has 2 aliphatic rings. The zero-order chi connectivity index (χ0) is 30.9. The fraction of sp³-hybridized carbons (Fsp3) is 0.559. The van der Waals surface area contributed by atoms with Gasteiger partial charge in [0.25, 0.3) is 0 Å². The van der Waals surface area contributed by atoms with Crippen molar-refractivity contribution >= 4 is 29.3 Å². The summed E-state index contributed by atoms with van der Waals surface area (Å²) in [6.45, 7) is 10.1. The van der Waals surface area contributed by atoms with Crippen molar-refractivity contribution in [3.63, 3.8) is 0 Å². The summed E-state index contributed by atoms with van der Waals surface area (Å²) in [7, 11) is 0. The maximum Gasteiger partial charge on any atom is 0.245 e. The van der Waals surface area contributed by atoms with Gasteiger partial charge in [0.2, 0.25) is 17.7 Å². The van der Waals surface area contributed by atoms with E-state index in [2.05, 4.69) is 24.1 Å². The van der Waals surface area contributed by atoms with E-state index in [1.54, 1.807) is 19.1 Å². The lowest BCUT2D eigenvalue weighted by molar-refractivity contribution is -0.138. The largest absolute Gasteiger partial charge is 0.344 e. The molecular formula is C34H48ClN5O3. The van der Waals surface area contributed by atoms with Gasteiger partial charge in [0, 0.05) is 75.6 Å². The van der Waals surface area contributed by atoms with E-state index in [0.717, 1.165) is 56.4 Å². The predicted octanol–water partition coefficient (Wildman–Crippen LogP) is 4.42.